The second-order valence-electron chi connectivity index (χ2n) is 6.78. The van der Waals surface area contributed by atoms with E-state index in [2.05, 4.69) is 40.6 Å². The Hall–Kier alpha value is -2.54. The van der Waals surface area contributed by atoms with Gasteiger partial charge >= 0.3 is 0 Å². The van der Waals surface area contributed by atoms with Gasteiger partial charge in [-0.05, 0) is 65.5 Å². The summed E-state index contributed by atoms with van der Waals surface area (Å²) in [6.45, 7) is 6.64. The average molecular weight is 449 g/mol. The van der Waals surface area contributed by atoms with Crippen LogP contribution in [0.3, 0.4) is 0 Å². The molecular weight excluding hydrogens is 424 g/mol. The van der Waals surface area contributed by atoms with Crippen LogP contribution in [0.4, 0.5) is 0 Å². The Kier molecular flexibility index (Phi) is 8.32. The van der Waals surface area contributed by atoms with Crippen LogP contribution in [0, 0.1) is 12.8 Å². The number of benzene rings is 2. The Bertz CT molecular complexity index is 807. The van der Waals surface area contributed by atoms with Crippen molar-refractivity contribution in [2.45, 2.75) is 27.2 Å². The molecule has 0 saturated heterocycles. The minimum absolute atomic E-state index is 0.199. The molecule has 0 aliphatic heterocycles. The molecule has 2 amide bonds. The number of carbonyl (C=O) groups is 2. The van der Waals surface area contributed by atoms with Gasteiger partial charge in [0.05, 0.1) is 11.1 Å². The molecule has 0 bridgehead atoms. The minimum Gasteiger partial charge on any atom is -0.492 e. The second-order valence-corrected chi connectivity index (χ2v) is 7.63. The molecule has 0 unspecified atom stereocenters. The zero-order valence-corrected chi connectivity index (χ0v) is 17.8. The summed E-state index contributed by atoms with van der Waals surface area (Å²) in [5.74, 6) is 0.930. The van der Waals surface area contributed by atoms with E-state index in [-0.39, 0.29) is 6.61 Å². The molecule has 0 aromatic heterocycles. The van der Waals surface area contributed by atoms with Crippen LogP contribution in [-0.2, 0) is 4.79 Å². The molecule has 2 rings (SSSR count). The highest BCUT2D eigenvalue weighted by atomic mass is 79.9. The lowest BCUT2D eigenvalue weighted by atomic mass is 10.1. The number of aryl methyl sites for hydroxylation is 1. The van der Waals surface area contributed by atoms with Crippen molar-refractivity contribution in [3.05, 3.63) is 58.1 Å². The number of carbonyl (C=O) groups excluding carboxylic acids is 2. The van der Waals surface area contributed by atoms with Crippen molar-refractivity contribution in [3.63, 3.8) is 0 Å². The summed E-state index contributed by atoms with van der Waals surface area (Å²) in [7, 11) is 0. The number of halogens is 1. The third-order valence-corrected chi connectivity index (χ3v) is 4.47. The van der Waals surface area contributed by atoms with Crippen LogP contribution in [0.5, 0.6) is 11.5 Å². The number of ether oxygens (including phenoxy) is 2. The fourth-order valence-electron chi connectivity index (χ4n) is 2.18. The van der Waals surface area contributed by atoms with E-state index in [1.807, 2.05) is 19.1 Å². The maximum absolute atomic E-state index is 12.2. The van der Waals surface area contributed by atoms with E-state index >= 15 is 0 Å². The zero-order valence-electron chi connectivity index (χ0n) is 16.3. The molecule has 6 nitrogen and oxygen atoms in total. The Labute approximate surface area is 173 Å². The summed E-state index contributed by atoms with van der Waals surface area (Å²) in [5, 5.41) is 0. The minimum atomic E-state index is -0.457. The first-order valence-corrected chi connectivity index (χ1v) is 9.85. The molecule has 0 aliphatic carbocycles. The lowest BCUT2D eigenvalue weighted by Crippen LogP contribution is -2.43. The highest BCUT2D eigenvalue weighted by Gasteiger charge is 2.11. The first-order chi connectivity index (χ1) is 13.3. The maximum atomic E-state index is 12.2. The summed E-state index contributed by atoms with van der Waals surface area (Å²) in [6, 6.07) is 12.4. The third-order valence-electron chi connectivity index (χ3n) is 3.85. The molecule has 28 heavy (non-hydrogen) atoms. The van der Waals surface area contributed by atoms with E-state index in [0.717, 1.165) is 12.0 Å². The molecule has 0 atom stereocenters. The SMILES string of the molecule is Cc1ccc(OCC(=O)NNC(=O)c2ccc(OCCC(C)C)c(Br)c2)cc1. The molecule has 2 N–H and O–H groups in total. The van der Waals surface area contributed by atoms with Gasteiger partial charge in [0.15, 0.2) is 6.61 Å². The van der Waals surface area contributed by atoms with Gasteiger partial charge in [-0.25, -0.2) is 0 Å². The van der Waals surface area contributed by atoms with Gasteiger partial charge in [-0.15, -0.1) is 0 Å². The van der Waals surface area contributed by atoms with E-state index in [9.17, 15) is 9.59 Å². The first kappa shape index (κ1) is 21.8. The van der Waals surface area contributed by atoms with Crippen molar-refractivity contribution in [2.24, 2.45) is 5.92 Å². The van der Waals surface area contributed by atoms with Crippen LogP contribution < -0.4 is 20.3 Å². The summed E-state index contributed by atoms with van der Waals surface area (Å²) >= 11 is 3.41. The monoisotopic (exact) mass is 448 g/mol. The summed E-state index contributed by atoms with van der Waals surface area (Å²) in [4.78, 5) is 24.0. The number of hydrazine groups is 1. The fourth-order valence-corrected chi connectivity index (χ4v) is 2.68. The van der Waals surface area contributed by atoms with Crippen LogP contribution in [0.15, 0.2) is 46.9 Å². The van der Waals surface area contributed by atoms with Crippen molar-refractivity contribution in [1.82, 2.24) is 10.9 Å². The van der Waals surface area contributed by atoms with Gasteiger partial charge in [-0.1, -0.05) is 31.5 Å². The van der Waals surface area contributed by atoms with Crippen molar-refractivity contribution in [2.75, 3.05) is 13.2 Å². The number of rotatable bonds is 8. The quantitative estimate of drug-likeness (QED) is 0.597. The molecular formula is C21H25BrN2O4. The number of hydrogen-bond donors (Lipinski definition) is 2. The van der Waals surface area contributed by atoms with E-state index < -0.39 is 11.8 Å². The summed E-state index contributed by atoms with van der Waals surface area (Å²) < 4.78 is 11.7. The number of nitrogens with one attached hydrogen (secondary N) is 2. The predicted molar refractivity (Wildman–Crippen MR) is 111 cm³/mol. The second kappa shape index (κ2) is 10.7. The van der Waals surface area contributed by atoms with Crippen LogP contribution in [0.25, 0.3) is 0 Å². The number of hydrogen-bond acceptors (Lipinski definition) is 4. The Morgan fingerprint density at radius 3 is 2.39 bits per heavy atom. The van der Waals surface area contributed by atoms with Gasteiger partial charge in [0.2, 0.25) is 0 Å². The molecule has 0 saturated carbocycles. The van der Waals surface area contributed by atoms with Crippen molar-refractivity contribution in [3.8, 4) is 11.5 Å². The maximum Gasteiger partial charge on any atom is 0.276 e. The van der Waals surface area contributed by atoms with Crippen LogP contribution in [-0.4, -0.2) is 25.0 Å². The molecule has 0 heterocycles. The molecule has 0 aliphatic rings. The lowest BCUT2D eigenvalue weighted by molar-refractivity contribution is -0.123. The number of amides is 2. The molecule has 0 fully saturated rings. The molecule has 2 aromatic rings. The summed E-state index contributed by atoms with van der Waals surface area (Å²) in [5.41, 5.74) is 6.20. The molecule has 0 radical (unpaired) electrons. The van der Waals surface area contributed by atoms with Crippen LogP contribution >= 0.6 is 15.9 Å². The van der Waals surface area contributed by atoms with Gasteiger partial charge in [-0.2, -0.15) is 0 Å². The standard InChI is InChI=1S/C21H25BrN2O4/c1-14(2)10-11-27-19-9-6-16(12-18(19)22)21(26)24-23-20(25)13-28-17-7-4-15(3)5-8-17/h4-9,12,14H,10-11,13H2,1-3H3,(H,23,25)(H,24,26). The van der Waals surface area contributed by atoms with E-state index in [4.69, 9.17) is 9.47 Å². The molecule has 0 spiro atoms. The Balaban J connectivity index is 1.79. The normalized spacial score (nSPS) is 10.5. The van der Waals surface area contributed by atoms with Crippen LogP contribution in [0.2, 0.25) is 0 Å². The average Bonchev–Trinajstić information content (AvgIpc) is 2.66. The molecule has 2 aromatic carbocycles. The molecule has 150 valence electrons. The van der Waals surface area contributed by atoms with Gasteiger partial charge in [0, 0.05) is 5.56 Å². The van der Waals surface area contributed by atoms with E-state index in [1.54, 1.807) is 30.3 Å². The molecule has 7 heteroatoms. The topological polar surface area (TPSA) is 76.7 Å². The zero-order chi connectivity index (χ0) is 20.5. The smallest absolute Gasteiger partial charge is 0.276 e. The predicted octanol–water partition coefficient (Wildman–Crippen LogP) is 4.02. The van der Waals surface area contributed by atoms with Crippen LogP contribution in [0.1, 0.15) is 36.2 Å². The van der Waals surface area contributed by atoms with Gasteiger partial charge < -0.3 is 9.47 Å². The summed E-state index contributed by atoms with van der Waals surface area (Å²) in [6.07, 6.45) is 0.950. The van der Waals surface area contributed by atoms with Gasteiger partial charge in [-0.3, -0.25) is 20.4 Å². The van der Waals surface area contributed by atoms with Gasteiger partial charge in [0.25, 0.3) is 11.8 Å². The fraction of sp³-hybridized carbons (Fsp3) is 0.333. The Morgan fingerprint density at radius 2 is 1.75 bits per heavy atom. The van der Waals surface area contributed by atoms with Crippen molar-refractivity contribution in [1.29, 1.82) is 0 Å². The largest absolute Gasteiger partial charge is 0.492 e. The van der Waals surface area contributed by atoms with Crippen molar-refractivity contribution >= 4 is 27.7 Å². The van der Waals surface area contributed by atoms with Gasteiger partial charge in [0.1, 0.15) is 11.5 Å². The first-order valence-electron chi connectivity index (χ1n) is 9.06. The highest BCUT2D eigenvalue weighted by Crippen LogP contribution is 2.26. The van der Waals surface area contributed by atoms with E-state index in [1.165, 1.54) is 0 Å². The van der Waals surface area contributed by atoms with E-state index in [0.29, 0.717) is 34.1 Å². The lowest BCUT2D eigenvalue weighted by Gasteiger charge is -2.12. The highest BCUT2D eigenvalue weighted by molar-refractivity contribution is 9.10. The van der Waals surface area contributed by atoms with Crippen molar-refractivity contribution < 1.29 is 19.1 Å². The Morgan fingerprint density at radius 1 is 1.04 bits per heavy atom. The third kappa shape index (κ3) is 7.23.